The molecule has 5 heterocycles. The number of carbonyl (C=O) groups excluding carboxylic acids is 5. The lowest BCUT2D eigenvalue weighted by molar-refractivity contribution is -0.150. The molecule has 141 heavy (non-hydrogen) atoms. The standard InChI is InChI=1S/C35H38O10.C23H28O6.C17H24O5.C12H12O5.C11H14O3.C6H6O2.C5H8O/c1-3-32(36)43-22-21-42-29-13-9-27(10-14-29)34(38)45-31-17-15-30(16-18-31)44-33(37)26-7-11-28(12-8-26)41-20-6-5-19-39-23-35(4-2)24-40-25-35;1-2-23(16-27-17-23)15-26-13-3-4-14-28-20-9-5-18(6-10-20)22(25)29-21-11-7-19(24)8-12-21;1-2-17(12-21-13-17)11-20-9-3-4-10-22-15-7-5-14(6-8-15)16(18)19;1-2-11(13)17-8-7-16-10-5-3-9(4-6-10)12(14)15;12-9-4-6-10(7-5-9)14-11-3-1-2-8-13-11;7-5-1-2-6(8)4-3-5;1-2-4-6-5-3-1/h3,7-18H,1,4-6,19-25H2,2H3;5-12,24H,2-4,13-17H2,1H3;5-8H,2-4,9-13H2,1H3,(H,18,19);2-6H,1,7-8H2,(H,14,15);4-7,11-12H,1-3,8H2;1-4,7-8H;2,4H,1,3,5H2. The Hall–Kier alpha value is -14.0. The van der Waals surface area contributed by atoms with Gasteiger partial charge >= 0.3 is 41.8 Å². The van der Waals surface area contributed by atoms with Gasteiger partial charge in [0.15, 0.2) is 6.29 Å². The molecule has 0 bridgehead atoms. The first-order valence-corrected chi connectivity index (χ1v) is 46.9. The number of aromatic hydroxyl groups is 4. The van der Waals surface area contributed by atoms with Crippen molar-refractivity contribution in [2.45, 2.75) is 117 Å². The van der Waals surface area contributed by atoms with Gasteiger partial charge in [-0.25, -0.2) is 33.6 Å². The maximum atomic E-state index is 12.6. The topological polar surface area (TPSA) is 416 Å². The molecule has 6 N–H and O–H groups in total. The van der Waals surface area contributed by atoms with Crippen LogP contribution in [0.25, 0.3) is 0 Å². The average Bonchev–Trinajstić information content (AvgIpc) is 0.836. The SMILES string of the molecule is C1=COCCC1.C=CC(=O)OCCOc1ccc(C(=O)O)cc1.C=CC(=O)OCCOc1ccc(C(=O)Oc2ccc(OC(=O)c3ccc(OCCCCOCC4(CC)COC4)cc3)cc2)cc1.CCC1(COCCCCOc2ccc(C(=O)O)cc2)COC1.CCC1(COCCCCOc2ccc(C(=O)Oc3ccc(O)cc3)cc2)COC1.Oc1ccc(O)cc1.Oc1ccc(OC2CCCCO2)cc1. The summed E-state index contributed by atoms with van der Waals surface area (Å²) in [4.78, 5) is 80.3. The number of unbranched alkanes of at least 4 members (excludes halogenated alkanes) is 3. The number of phenolic OH excluding ortho intramolecular Hbond substituents is 4. The smallest absolute Gasteiger partial charge is 0.343 e. The molecule has 4 fully saturated rings. The van der Waals surface area contributed by atoms with E-state index in [1.807, 2.05) is 6.08 Å². The van der Waals surface area contributed by atoms with E-state index in [0.717, 1.165) is 181 Å². The molecule has 758 valence electrons. The zero-order valence-electron chi connectivity index (χ0n) is 80.1. The van der Waals surface area contributed by atoms with Crippen LogP contribution in [-0.2, 0) is 57.0 Å². The van der Waals surface area contributed by atoms with E-state index in [4.69, 9.17) is 116 Å². The third kappa shape index (κ3) is 43.9. The molecule has 5 aliphatic heterocycles. The third-order valence-corrected chi connectivity index (χ3v) is 22.0. The number of esters is 5. The first-order chi connectivity index (χ1) is 68.4. The molecule has 32 heteroatoms. The van der Waals surface area contributed by atoms with Crippen molar-refractivity contribution in [3.63, 3.8) is 0 Å². The van der Waals surface area contributed by atoms with E-state index in [-0.39, 0.29) is 88.8 Å². The van der Waals surface area contributed by atoms with Crippen LogP contribution in [0, 0.1) is 16.2 Å². The lowest BCUT2D eigenvalue weighted by Gasteiger charge is -2.40. The average molecular weight is 1950 g/mol. The van der Waals surface area contributed by atoms with Gasteiger partial charge in [-0.1, -0.05) is 33.9 Å². The van der Waals surface area contributed by atoms with Crippen LogP contribution >= 0.6 is 0 Å². The van der Waals surface area contributed by atoms with Crippen molar-refractivity contribution in [1.29, 1.82) is 0 Å². The fourth-order valence-electron chi connectivity index (χ4n) is 12.9. The predicted octanol–water partition coefficient (Wildman–Crippen LogP) is 19.2. The van der Waals surface area contributed by atoms with Crippen LogP contribution in [-0.4, -0.2) is 217 Å². The lowest BCUT2D eigenvalue weighted by atomic mass is 9.84. The normalized spacial score (nSPS) is 14.4. The Balaban J connectivity index is 0.000000219. The Morgan fingerprint density at radius 2 is 0.624 bits per heavy atom. The summed E-state index contributed by atoms with van der Waals surface area (Å²) in [6, 6.07) is 56.9. The first-order valence-electron chi connectivity index (χ1n) is 46.9. The van der Waals surface area contributed by atoms with Crippen molar-refractivity contribution in [3.05, 3.63) is 284 Å². The summed E-state index contributed by atoms with van der Waals surface area (Å²) in [7, 11) is 0. The van der Waals surface area contributed by atoms with E-state index in [1.54, 1.807) is 152 Å². The summed E-state index contributed by atoms with van der Waals surface area (Å²) >= 11 is 0. The van der Waals surface area contributed by atoms with E-state index in [0.29, 0.717) is 83.4 Å². The van der Waals surface area contributed by atoms with Crippen LogP contribution in [0.4, 0.5) is 0 Å². The predicted molar refractivity (Wildman–Crippen MR) is 523 cm³/mol. The van der Waals surface area contributed by atoms with Gasteiger partial charge < -0.3 is 121 Å². The molecule has 1 unspecified atom stereocenters. The summed E-state index contributed by atoms with van der Waals surface area (Å²) in [6.07, 6.45) is 20.2. The van der Waals surface area contributed by atoms with Gasteiger partial charge in [-0.15, -0.1) is 0 Å². The van der Waals surface area contributed by atoms with Crippen molar-refractivity contribution < 1.29 is 154 Å². The van der Waals surface area contributed by atoms with Gasteiger partial charge in [-0.3, -0.25) is 0 Å². The Labute approximate surface area is 822 Å². The maximum absolute atomic E-state index is 12.6. The van der Waals surface area contributed by atoms with Gasteiger partial charge in [-0.2, -0.15) is 0 Å². The summed E-state index contributed by atoms with van der Waals surface area (Å²) in [6.45, 7) is 26.4. The molecule has 9 aromatic rings. The Morgan fingerprint density at radius 1 is 0.340 bits per heavy atom. The molecule has 0 aliphatic carbocycles. The highest BCUT2D eigenvalue weighted by Gasteiger charge is 2.39. The van der Waals surface area contributed by atoms with Crippen molar-refractivity contribution in [2.24, 2.45) is 16.2 Å². The Kier molecular flexibility index (Phi) is 50.6. The van der Waals surface area contributed by atoms with Gasteiger partial charge in [-0.05, 0) is 308 Å². The zero-order valence-corrected chi connectivity index (χ0v) is 80.1. The zero-order chi connectivity index (χ0) is 101. The van der Waals surface area contributed by atoms with E-state index in [1.165, 1.54) is 85.6 Å². The van der Waals surface area contributed by atoms with Crippen LogP contribution in [0.2, 0.25) is 0 Å². The van der Waals surface area contributed by atoms with Crippen LogP contribution in [0.15, 0.2) is 256 Å². The van der Waals surface area contributed by atoms with Crippen LogP contribution in [0.3, 0.4) is 0 Å². The van der Waals surface area contributed by atoms with Crippen molar-refractivity contribution >= 4 is 41.8 Å². The first kappa shape index (κ1) is 112. The van der Waals surface area contributed by atoms with Gasteiger partial charge in [0.2, 0.25) is 0 Å². The fraction of sp³-hybridized carbons (Fsp3) is 0.385. The molecule has 5 aliphatic rings. The molecule has 4 saturated heterocycles. The van der Waals surface area contributed by atoms with Crippen molar-refractivity contribution in [2.75, 3.05) is 139 Å². The number of rotatable bonds is 47. The highest BCUT2D eigenvalue weighted by molar-refractivity contribution is 5.93. The second kappa shape index (κ2) is 63.6. The third-order valence-electron chi connectivity index (χ3n) is 22.0. The molecule has 0 aromatic heterocycles. The van der Waals surface area contributed by atoms with E-state index < -0.39 is 41.8 Å². The van der Waals surface area contributed by atoms with Gasteiger partial charge in [0.25, 0.3) is 0 Å². The minimum atomic E-state index is -0.989. The molecular weight excluding hydrogens is 1820 g/mol. The summed E-state index contributed by atoms with van der Waals surface area (Å²) in [5.41, 5.74) is 2.28. The molecule has 0 spiro atoms. The molecule has 1 atom stereocenters. The monoisotopic (exact) mass is 1950 g/mol. The minimum Gasteiger partial charge on any atom is -0.508 e. The number of allylic oxidation sites excluding steroid dienone is 1. The lowest BCUT2D eigenvalue weighted by Crippen LogP contribution is -2.45. The quantitative estimate of drug-likeness (QED) is 0.00678. The number of phenols is 4. The van der Waals surface area contributed by atoms with E-state index in [9.17, 15) is 38.7 Å². The number of ether oxygens (including phenoxy) is 19. The van der Waals surface area contributed by atoms with Crippen LogP contribution in [0.1, 0.15) is 162 Å². The number of carboxylic acids is 2. The second-order valence-corrected chi connectivity index (χ2v) is 33.0. The van der Waals surface area contributed by atoms with Gasteiger partial charge in [0.1, 0.15) is 101 Å². The number of carboxylic acid groups (broad SMARTS) is 2. The van der Waals surface area contributed by atoms with Crippen molar-refractivity contribution in [3.8, 4) is 74.7 Å². The Morgan fingerprint density at radius 3 is 0.872 bits per heavy atom. The molecule has 0 radical (unpaired) electrons. The van der Waals surface area contributed by atoms with E-state index in [2.05, 4.69) is 33.9 Å². The van der Waals surface area contributed by atoms with E-state index >= 15 is 0 Å². The second-order valence-electron chi connectivity index (χ2n) is 33.0. The highest BCUT2D eigenvalue weighted by Crippen LogP contribution is 2.35. The molecule has 0 amide bonds. The number of aromatic carboxylic acids is 2. The maximum Gasteiger partial charge on any atom is 0.343 e. The summed E-state index contributed by atoms with van der Waals surface area (Å²) in [5, 5.41) is 53.1. The number of hydrogen-bond acceptors (Lipinski definition) is 30. The van der Waals surface area contributed by atoms with Gasteiger partial charge in [0, 0.05) is 54.6 Å². The van der Waals surface area contributed by atoms with Crippen LogP contribution in [0.5, 0.6) is 74.7 Å². The summed E-state index contributed by atoms with van der Waals surface area (Å²) < 4.78 is 103. The van der Waals surface area contributed by atoms with Gasteiger partial charge in [0.05, 0.1) is 127 Å². The highest BCUT2D eigenvalue weighted by atomic mass is 16.7. The number of hydrogen-bond donors (Lipinski definition) is 6. The summed E-state index contributed by atoms with van der Waals surface area (Å²) in [5.74, 6) is 1.04. The molecule has 14 rings (SSSR count). The van der Waals surface area contributed by atoms with Crippen molar-refractivity contribution in [1.82, 2.24) is 0 Å². The Bertz CT molecular complexity index is 5100. The molecule has 9 aromatic carbocycles. The fourth-order valence-corrected chi connectivity index (χ4v) is 12.9. The molecule has 0 saturated carbocycles. The van der Waals surface area contributed by atoms with Crippen LogP contribution < -0.4 is 42.6 Å². The number of carbonyl (C=O) groups is 7. The molecular formula is C109H130O32. The minimum absolute atomic E-state index is 0.0787. The molecule has 32 nitrogen and oxygen atoms in total. The number of benzene rings is 9. The largest absolute Gasteiger partial charge is 0.508 e.